The number of nitrogens with two attached hydrogens (primary N) is 1. The summed E-state index contributed by atoms with van der Waals surface area (Å²) in [6, 6.07) is 8.03. The first-order valence-electron chi connectivity index (χ1n) is 6.12. The molecule has 1 aromatic heterocycles. The molecule has 0 saturated carbocycles. The summed E-state index contributed by atoms with van der Waals surface area (Å²) < 4.78 is 1.44. The molecule has 7 heteroatoms. The van der Waals surface area contributed by atoms with Crippen molar-refractivity contribution in [1.82, 2.24) is 14.8 Å². The lowest BCUT2D eigenvalue weighted by atomic mass is 10.1. The number of H-pyrrole nitrogens is 1. The zero-order valence-corrected chi connectivity index (χ0v) is 12.1. The number of hydrogen-bond acceptors (Lipinski definition) is 5. The Morgan fingerprint density at radius 3 is 2.60 bits per heavy atom. The average Bonchev–Trinajstić information content (AvgIpc) is 2.42. The lowest BCUT2D eigenvalue weighted by molar-refractivity contribution is 0.595. The smallest absolute Gasteiger partial charge is 0.329 e. The van der Waals surface area contributed by atoms with E-state index >= 15 is 0 Å². The second kappa shape index (κ2) is 6.06. The molecular formula is C13H16N4O2S. The van der Waals surface area contributed by atoms with Gasteiger partial charge in [0.25, 0.3) is 0 Å². The lowest BCUT2D eigenvalue weighted by Gasteiger charge is -2.15. The van der Waals surface area contributed by atoms with Crippen molar-refractivity contribution in [2.75, 3.05) is 6.54 Å². The van der Waals surface area contributed by atoms with E-state index in [4.69, 9.17) is 5.73 Å². The maximum absolute atomic E-state index is 11.3. The van der Waals surface area contributed by atoms with E-state index in [1.54, 1.807) is 7.05 Å². The van der Waals surface area contributed by atoms with Gasteiger partial charge in [-0.1, -0.05) is 41.6 Å². The summed E-state index contributed by atoms with van der Waals surface area (Å²) >= 11 is 1.35. The maximum atomic E-state index is 11.3. The Morgan fingerprint density at radius 2 is 2.00 bits per heavy atom. The number of thioether (sulfide) groups is 1. The van der Waals surface area contributed by atoms with Crippen LogP contribution < -0.4 is 16.9 Å². The SMILES string of the molecule is Cc1ccc(C(CN)Sc2nc(=O)c(=O)[nH]n2C)cc1. The topological polar surface area (TPSA) is 93.8 Å². The van der Waals surface area contributed by atoms with Crippen LogP contribution in [-0.4, -0.2) is 21.3 Å². The van der Waals surface area contributed by atoms with Crippen molar-refractivity contribution in [1.29, 1.82) is 0 Å². The number of benzene rings is 1. The minimum Gasteiger partial charge on any atom is -0.329 e. The number of nitrogens with one attached hydrogen (secondary N) is 1. The van der Waals surface area contributed by atoms with Crippen molar-refractivity contribution in [3.05, 3.63) is 56.1 Å². The highest BCUT2D eigenvalue weighted by molar-refractivity contribution is 7.99. The second-order valence-electron chi connectivity index (χ2n) is 4.45. The van der Waals surface area contributed by atoms with E-state index in [-0.39, 0.29) is 5.25 Å². The first kappa shape index (κ1) is 14.5. The van der Waals surface area contributed by atoms with E-state index in [0.717, 1.165) is 5.56 Å². The molecule has 20 heavy (non-hydrogen) atoms. The molecule has 0 amide bonds. The van der Waals surface area contributed by atoms with Gasteiger partial charge in [-0.15, -0.1) is 0 Å². The monoisotopic (exact) mass is 292 g/mol. The standard InChI is InChI=1S/C13H16N4O2S/c1-8-3-5-9(6-4-8)10(7-14)20-13-15-11(18)12(19)16-17(13)2/h3-6,10H,7,14H2,1-2H3,(H,16,19). The minimum atomic E-state index is -0.787. The minimum absolute atomic E-state index is 0.0281. The van der Waals surface area contributed by atoms with Crippen LogP contribution in [0, 0.1) is 6.92 Å². The summed E-state index contributed by atoms with van der Waals surface area (Å²) in [5.74, 6) is 0. The molecule has 0 fully saturated rings. The summed E-state index contributed by atoms with van der Waals surface area (Å²) in [5.41, 5.74) is 6.52. The van der Waals surface area contributed by atoms with E-state index in [1.807, 2.05) is 31.2 Å². The normalized spacial score (nSPS) is 12.3. The first-order chi connectivity index (χ1) is 9.51. The maximum Gasteiger partial charge on any atom is 0.339 e. The second-order valence-corrected chi connectivity index (χ2v) is 5.62. The van der Waals surface area contributed by atoms with E-state index in [9.17, 15) is 9.59 Å². The quantitative estimate of drug-likeness (QED) is 0.634. The van der Waals surface area contributed by atoms with Crippen LogP contribution in [0.4, 0.5) is 0 Å². The van der Waals surface area contributed by atoms with Crippen LogP contribution in [-0.2, 0) is 7.05 Å². The third kappa shape index (κ3) is 3.17. The average molecular weight is 292 g/mol. The van der Waals surface area contributed by atoms with Crippen LogP contribution in [0.25, 0.3) is 0 Å². The molecule has 2 rings (SSSR count). The summed E-state index contributed by atoms with van der Waals surface area (Å²) in [5, 5.41) is 2.83. The predicted octanol–water partition coefficient (Wildman–Crippen LogP) is 0.569. The van der Waals surface area contributed by atoms with Gasteiger partial charge >= 0.3 is 11.1 Å². The van der Waals surface area contributed by atoms with Gasteiger partial charge in [0.1, 0.15) is 0 Å². The predicted molar refractivity (Wildman–Crippen MR) is 78.9 cm³/mol. The van der Waals surface area contributed by atoms with Crippen LogP contribution >= 0.6 is 11.8 Å². The van der Waals surface area contributed by atoms with E-state index in [1.165, 1.54) is 22.0 Å². The van der Waals surface area contributed by atoms with Gasteiger partial charge in [0.2, 0.25) is 0 Å². The molecule has 1 aromatic carbocycles. The molecule has 0 spiro atoms. The highest BCUT2D eigenvalue weighted by Crippen LogP contribution is 2.32. The number of rotatable bonds is 4. The van der Waals surface area contributed by atoms with Gasteiger partial charge in [0.05, 0.1) is 0 Å². The summed E-state index contributed by atoms with van der Waals surface area (Å²) in [4.78, 5) is 26.3. The van der Waals surface area contributed by atoms with E-state index in [0.29, 0.717) is 11.7 Å². The first-order valence-corrected chi connectivity index (χ1v) is 7.00. The summed E-state index contributed by atoms with van der Waals surface area (Å²) in [6.45, 7) is 2.42. The number of hydrogen-bond donors (Lipinski definition) is 2. The molecule has 0 aliphatic rings. The van der Waals surface area contributed by atoms with Crippen molar-refractivity contribution in [3.8, 4) is 0 Å². The van der Waals surface area contributed by atoms with Crippen LogP contribution in [0.2, 0.25) is 0 Å². The number of aryl methyl sites for hydroxylation is 2. The number of aromatic amines is 1. The molecule has 0 bridgehead atoms. The fraction of sp³-hybridized carbons (Fsp3) is 0.308. The third-order valence-electron chi connectivity index (χ3n) is 2.86. The zero-order valence-electron chi connectivity index (χ0n) is 11.3. The number of aromatic nitrogens is 3. The Kier molecular flexibility index (Phi) is 4.41. The van der Waals surface area contributed by atoms with E-state index in [2.05, 4.69) is 10.1 Å². The van der Waals surface area contributed by atoms with Crippen LogP contribution in [0.1, 0.15) is 16.4 Å². The van der Waals surface area contributed by atoms with Crippen LogP contribution in [0.15, 0.2) is 39.0 Å². The number of nitrogens with zero attached hydrogens (tertiary/aromatic N) is 2. The Labute approximate surface area is 120 Å². The molecule has 106 valence electrons. The van der Waals surface area contributed by atoms with Crippen molar-refractivity contribution in [3.63, 3.8) is 0 Å². The molecular weight excluding hydrogens is 276 g/mol. The molecule has 0 aliphatic heterocycles. The molecule has 0 radical (unpaired) electrons. The van der Waals surface area contributed by atoms with Crippen molar-refractivity contribution in [2.24, 2.45) is 12.8 Å². The van der Waals surface area contributed by atoms with Crippen LogP contribution in [0.3, 0.4) is 0 Å². The van der Waals surface area contributed by atoms with Crippen molar-refractivity contribution < 1.29 is 0 Å². The van der Waals surface area contributed by atoms with Gasteiger partial charge in [-0.25, -0.2) is 0 Å². The van der Waals surface area contributed by atoms with Gasteiger partial charge in [0.15, 0.2) is 5.16 Å². The van der Waals surface area contributed by atoms with Gasteiger partial charge < -0.3 is 5.73 Å². The highest BCUT2D eigenvalue weighted by atomic mass is 32.2. The Balaban J connectivity index is 2.31. The lowest BCUT2D eigenvalue weighted by Crippen LogP contribution is -2.34. The van der Waals surface area contributed by atoms with Crippen molar-refractivity contribution >= 4 is 11.8 Å². The Bertz CT molecular complexity index is 706. The molecule has 2 aromatic rings. The van der Waals surface area contributed by atoms with Crippen molar-refractivity contribution in [2.45, 2.75) is 17.3 Å². The molecule has 1 unspecified atom stereocenters. The van der Waals surface area contributed by atoms with E-state index < -0.39 is 11.1 Å². The van der Waals surface area contributed by atoms with Gasteiger partial charge in [-0.2, -0.15) is 4.98 Å². The zero-order chi connectivity index (χ0) is 14.7. The highest BCUT2D eigenvalue weighted by Gasteiger charge is 2.15. The molecule has 1 heterocycles. The Morgan fingerprint density at radius 1 is 1.35 bits per heavy atom. The van der Waals surface area contributed by atoms with Gasteiger partial charge in [0, 0.05) is 18.8 Å². The Hall–Kier alpha value is -1.86. The molecule has 3 N–H and O–H groups in total. The van der Waals surface area contributed by atoms with Gasteiger partial charge in [-0.05, 0) is 12.5 Å². The molecule has 0 aliphatic carbocycles. The molecule has 6 nitrogen and oxygen atoms in total. The summed E-state index contributed by atoms with van der Waals surface area (Å²) in [6.07, 6.45) is 0. The largest absolute Gasteiger partial charge is 0.339 e. The summed E-state index contributed by atoms with van der Waals surface area (Å²) in [7, 11) is 1.64. The van der Waals surface area contributed by atoms with Gasteiger partial charge in [-0.3, -0.25) is 19.4 Å². The fourth-order valence-electron chi connectivity index (χ4n) is 1.73. The fourth-order valence-corrected chi connectivity index (χ4v) is 2.71. The molecule has 0 saturated heterocycles. The third-order valence-corrected chi connectivity index (χ3v) is 4.18. The van der Waals surface area contributed by atoms with Crippen LogP contribution in [0.5, 0.6) is 0 Å². The molecule has 1 atom stereocenters.